The summed E-state index contributed by atoms with van der Waals surface area (Å²) >= 11 is 1.34. The number of aryl methyl sites for hydroxylation is 2. The number of carbonyl (C=O) groups is 1. The summed E-state index contributed by atoms with van der Waals surface area (Å²) in [6.45, 7) is 3.85. The SMILES string of the molecule is COc1cc(NC(=O)COc2cc(C)ccc2C)cc2sc(N)nc12. The molecule has 7 heteroatoms. The zero-order valence-electron chi connectivity index (χ0n) is 14.3. The summed E-state index contributed by atoms with van der Waals surface area (Å²) in [5.41, 5.74) is 9.12. The van der Waals surface area contributed by atoms with E-state index >= 15 is 0 Å². The number of nitrogens with one attached hydrogen (secondary N) is 1. The molecule has 25 heavy (non-hydrogen) atoms. The van der Waals surface area contributed by atoms with Crippen LogP contribution in [-0.4, -0.2) is 24.6 Å². The predicted molar refractivity (Wildman–Crippen MR) is 101 cm³/mol. The van der Waals surface area contributed by atoms with Gasteiger partial charge in [0.1, 0.15) is 17.0 Å². The average Bonchev–Trinajstić information content (AvgIpc) is 2.95. The van der Waals surface area contributed by atoms with E-state index in [1.807, 2.05) is 38.1 Å². The summed E-state index contributed by atoms with van der Waals surface area (Å²) in [4.78, 5) is 16.4. The zero-order valence-corrected chi connectivity index (χ0v) is 15.1. The first-order chi connectivity index (χ1) is 12.0. The number of nitrogens with two attached hydrogens (primary N) is 1. The normalized spacial score (nSPS) is 10.7. The number of fused-ring (bicyclic) bond motifs is 1. The molecule has 3 N–H and O–H groups in total. The Morgan fingerprint density at radius 3 is 2.80 bits per heavy atom. The van der Waals surface area contributed by atoms with Gasteiger partial charge in [-0.2, -0.15) is 0 Å². The van der Waals surface area contributed by atoms with Crippen LogP contribution in [0.4, 0.5) is 10.8 Å². The van der Waals surface area contributed by atoms with Gasteiger partial charge < -0.3 is 20.5 Å². The lowest BCUT2D eigenvalue weighted by atomic mass is 10.1. The second-order valence-corrected chi connectivity index (χ2v) is 6.75. The first-order valence-corrected chi connectivity index (χ1v) is 8.52. The fourth-order valence-electron chi connectivity index (χ4n) is 2.45. The highest BCUT2D eigenvalue weighted by Gasteiger charge is 2.12. The molecule has 1 heterocycles. The van der Waals surface area contributed by atoms with Crippen LogP contribution in [0.15, 0.2) is 30.3 Å². The second-order valence-electron chi connectivity index (χ2n) is 5.68. The number of amides is 1. The Bertz CT molecular complexity index is 937. The molecule has 0 saturated heterocycles. The number of methoxy groups -OCH3 is 1. The topological polar surface area (TPSA) is 86.5 Å². The highest BCUT2D eigenvalue weighted by Crippen LogP contribution is 2.34. The number of nitrogen functional groups attached to an aromatic ring is 1. The Morgan fingerprint density at radius 1 is 1.24 bits per heavy atom. The quantitative estimate of drug-likeness (QED) is 0.729. The minimum Gasteiger partial charge on any atom is -0.494 e. The minimum atomic E-state index is -0.250. The molecular weight excluding hydrogens is 338 g/mol. The van der Waals surface area contributed by atoms with E-state index in [1.165, 1.54) is 11.3 Å². The Labute approximate surface area is 149 Å². The summed E-state index contributed by atoms with van der Waals surface area (Å²) in [5, 5.41) is 3.27. The van der Waals surface area contributed by atoms with Crippen LogP contribution in [0.25, 0.3) is 10.2 Å². The standard InChI is InChI=1S/C18H19N3O3S/c1-10-4-5-11(2)13(6-10)24-9-16(22)20-12-7-14(23-3)17-15(8-12)25-18(19)21-17/h4-8H,9H2,1-3H3,(H2,19,21)(H,20,22). The molecule has 0 aliphatic carbocycles. The van der Waals surface area contributed by atoms with Crippen LogP contribution < -0.4 is 20.5 Å². The van der Waals surface area contributed by atoms with Crippen molar-refractivity contribution in [3.63, 3.8) is 0 Å². The van der Waals surface area contributed by atoms with Gasteiger partial charge in [0.2, 0.25) is 0 Å². The van der Waals surface area contributed by atoms with Gasteiger partial charge in [0.05, 0.1) is 11.8 Å². The van der Waals surface area contributed by atoms with Gasteiger partial charge in [0.15, 0.2) is 11.7 Å². The molecule has 0 fully saturated rings. The first kappa shape index (κ1) is 17.0. The number of carbonyl (C=O) groups excluding carboxylic acids is 1. The van der Waals surface area contributed by atoms with Crippen LogP contribution in [-0.2, 0) is 4.79 Å². The van der Waals surface area contributed by atoms with E-state index in [9.17, 15) is 4.79 Å². The number of ether oxygens (including phenoxy) is 2. The van der Waals surface area contributed by atoms with Crippen LogP contribution in [0.2, 0.25) is 0 Å². The average molecular weight is 357 g/mol. The maximum atomic E-state index is 12.2. The van der Waals surface area contributed by atoms with Crippen molar-refractivity contribution in [1.82, 2.24) is 4.98 Å². The Morgan fingerprint density at radius 2 is 2.04 bits per heavy atom. The summed E-state index contributed by atoms with van der Waals surface area (Å²) in [6.07, 6.45) is 0. The number of rotatable bonds is 5. The van der Waals surface area contributed by atoms with Crippen LogP contribution >= 0.6 is 11.3 Å². The number of thiazole rings is 1. The number of hydrogen-bond donors (Lipinski definition) is 2. The molecule has 0 unspecified atom stereocenters. The highest BCUT2D eigenvalue weighted by molar-refractivity contribution is 7.22. The van der Waals surface area contributed by atoms with Crippen molar-refractivity contribution in [3.05, 3.63) is 41.5 Å². The van der Waals surface area contributed by atoms with Gasteiger partial charge in [-0.15, -0.1) is 0 Å². The highest BCUT2D eigenvalue weighted by atomic mass is 32.1. The van der Waals surface area contributed by atoms with Gasteiger partial charge in [-0.3, -0.25) is 4.79 Å². The molecule has 0 spiro atoms. The Balaban J connectivity index is 1.72. The fraction of sp³-hybridized carbons (Fsp3) is 0.222. The number of aromatic nitrogens is 1. The number of nitrogens with zero attached hydrogens (tertiary/aromatic N) is 1. The molecule has 6 nitrogen and oxygen atoms in total. The molecule has 0 radical (unpaired) electrons. The van der Waals surface area contributed by atoms with E-state index in [0.29, 0.717) is 27.8 Å². The molecule has 130 valence electrons. The Hall–Kier alpha value is -2.80. The lowest BCUT2D eigenvalue weighted by molar-refractivity contribution is -0.118. The van der Waals surface area contributed by atoms with Crippen LogP contribution in [0, 0.1) is 13.8 Å². The van der Waals surface area contributed by atoms with Gasteiger partial charge in [-0.1, -0.05) is 23.5 Å². The molecule has 0 aliphatic heterocycles. The van der Waals surface area contributed by atoms with E-state index in [2.05, 4.69) is 10.3 Å². The molecule has 0 atom stereocenters. The van der Waals surface area contributed by atoms with E-state index in [0.717, 1.165) is 15.8 Å². The predicted octanol–water partition coefficient (Wildman–Crippen LogP) is 3.52. The molecule has 0 saturated carbocycles. The van der Waals surface area contributed by atoms with Gasteiger partial charge in [0, 0.05) is 11.8 Å². The Kier molecular flexibility index (Phi) is 4.76. The molecule has 3 rings (SSSR count). The van der Waals surface area contributed by atoms with E-state index in [4.69, 9.17) is 15.2 Å². The third kappa shape index (κ3) is 3.83. The first-order valence-electron chi connectivity index (χ1n) is 7.70. The summed E-state index contributed by atoms with van der Waals surface area (Å²) in [7, 11) is 1.56. The summed E-state index contributed by atoms with van der Waals surface area (Å²) < 4.78 is 11.8. The van der Waals surface area contributed by atoms with Crippen molar-refractivity contribution < 1.29 is 14.3 Å². The van der Waals surface area contributed by atoms with E-state index in [1.54, 1.807) is 13.2 Å². The number of hydrogen-bond acceptors (Lipinski definition) is 6. The monoisotopic (exact) mass is 357 g/mol. The van der Waals surface area contributed by atoms with Gasteiger partial charge in [-0.05, 0) is 37.1 Å². The molecule has 0 bridgehead atoms. The largest absolute Gasteiger partial charge is 0.494 e. The van der Waals surface area contributed by atoms with Crippen LogP contribution in [0.3, 0.4) is 0 Å². The molecule has 0 aliphatic rings. The van der Waals surface area contributed by atoms with Crippen molar-refractivity contribution in [2.45, 2.75) is 13.8 Å². The van der Waals surface area contributed by atoms with Crippen molar-refractivity contribution >= 4 is 38.3 Å². The van der Waals surface area contributed by atoms with Crippen molar-refractivity contribution in [1.29, 1.82) is 0 Å². The van der Waals surface area contributed by atoms with E-state index < -0.39 is 0 Å². The van der Waals surface area contributed by atoms with Crippen molar-refractivity contribution in [2.75, 3.05) is 24.8 Å². The number of benzene rings is 2. The maximum Gasteiger partial charge on any atom is 0.262 e. The smallest absolute Gasteiger partial charge is 0.262 e. The molecule has 3 aromatic rings. The molecular formula is C18H19N3O3S. The van der Waals surface area contributed by atoms with Crippen molar-refractivity contribution in [2.24, 2.45) is 0 Å². The third-order valence-corrected chi connectivity index (χ3v) is 4.51. The third-order valence-electron chi connectivity index (χ3n) is 3.68. The molecule has 1 aromatic heterocycles. The lowest BCUT2D eigenvalue weighted by Crippen LogP contribution is -2.20. The zero-order chi connectivity index (χ0) is 18.0. The summed E-state index contributed by atoms with van der Waals surface area (Å²) in [6, 6.07) is 9.43. The molecule has 2 aromatic carbocycles. The van der Waals surface area contributed by atoms with Gasteiger partial charge in [0.25, 0.3) is 5.91 Å². The number of anilines is 2. The van der Waals surface area contributed by atoms with Crippen molar-refractivity contribution in [3.8, 4) is 11.5 Å². The van der Waals surface area contributed by atoms with E-state index in [-0.39, 0.29) is 12.5 Å². The minimum absolute atomic E-state index is 0.0739. The summed E-state index contributed by atoms with van der Waals surface area (Å²) in [5.74, 6) is 1.02. The second kappa shape index (κ2) is 6.98. The maximum absolute atomic E-state index is 12.2. The van der Waals surface area contributed by atoms with Crippen LogP contribution in [0.1, 0.15) is 11.1 Å². The van der Waals surface area contributed by atoms with Gasteiger partial charge >= 0.3 is 0 Å². The van der Waals surface area contributed by atoms with Crippen LogP contribution in [0.5, 0.6) is 11.5 Å². The van der Waals surface area contributed by atoms with Gasteiger partial charge in [-0.25, -0.2) is 4.98 Å². The lowest BCUT2D eigenvalue weighted by Gasteiger charge is -2.11. The molecule has 1 amide bonds. The fourth-order valence-corrected chi connectivity index (χ4v) is 3.24.